The van der Waals surface area contributed by atoms with Crippen molar-refractivity contribution in [1.29, 1.82) is 0 Å². The lowest BCUT2D eigenvalue weighted by atomic mass is 10.2. The Hall–Kier alpha value is -1.89. The average molecular weight is 239 g/mol. The molecule has 1 aliphatic rings. The fraction of sp³-hybridized carbons (Fsp3) is 0.500. The summed E-state index contributed by atoms with van der Waals surface area (Å²) in [6.45, 7) is 0.681. The van der Waals surface area contributed by atoms with E-state index in [9.17, 15) is 14.7 Å². The SMILES string of the molecule is Cn1ncc(C(=O)N2CCC(O)C2)c1C(=O)O. The number of β-amino-alcohol motifs (C(OH)–C–C–N with tert-alkyl or cyclic N) is 1. The van der Waals surface area contributed by atoms with Crippen LogP contribution in [0.2, 0.25) is 0 Å². The van der Waals surface area contributed by atoms with Crippen molar-refractivity contribution < 1.29 is 19.8 Å². The standard InChI is InChI=1S/C10H13N3O4/c1-12-8(10(16)17)7(4-11-12)9(15)13-3-2-6(14)5-13/h4,6,14H,2-3,5H2,1H3,(H,16,17). The summed E-state index contributed by atoms with van der Waals surface area (Å²) in [5, 5.41) is 22.1. The third-order valence-corrected chi connectivity index (χ3v) is 2.82. The predicted octanol–water partition coefficient (Wildman–Crippen LogP) is -0.675. The molecule has 2 N–H and O–H groups in total. The first kappa shape index (κ1) is 11.6. The zero-order valence-electron chi connectivity index (χ0n) is 9.33. The van der Waals surface area contributed by atoms with E-state index in [4.69, 9.17) is 5.11 Å². The zero-order valence-corrected chi connectivity index (χ0v) is 9.33. The monoisotopic (exact) mass is 239 g/mol. The Morgan fingerprint density at radius 2 is 2.24 bits per heavy atom. The second-order valence-corrected chi connectivity index (χ2v) is 4.03. The van der Waals surface area contributed by atoms with E-state index in [1.165, 1.54) is 18.1 Å². The van der Waals surface area contributed by atoms with Gasteiger partial charge in [-0.25, -0.2) is 4.79 Å². The molecule has 0 saturated carbocycles. The highest BCUT2D eigenvalue weighted by atomic mass is 16.4. The molecule has 0 bridgehead atoms. The van der Waals surface area contributed by atoms with E-state index < -0.39 is 18.0 Å². The Kier molecular flexibility index (Phi) is 2.84. The van der Waals surface area contributed by atoms with Crippen LogP contribution in [0.3, 0.4) is 0 Å². The van der Waals surface area contributed by atoms with Crippen LogP contribution >= 0.6 is 0 Å². The van der Waals surface area contributed by atoms with Crippen molar-refractivity contribution in [1.82, 2.24) is 14.7 Å². The summed E-state index contributed by atoms with van der Waals surface area (Å²) in [7, 11) is 1.47. The van der Waals surface area contributed by atoms with E-state index in [0.29, 0.717) is 13.0 Å². The topological polar surface area (TPSA) is 95.7 Å². The fourth-order valence-electron chi connectivity index (χ4n) is 1.94. The van der Waals surface area contributed by atoms with Gasteiger partial charge in [0.05, 0.1) is 17.9 Å². The highest BCUT2D eigenvalue weighted by molar-refractivity contribution is 6.03. The Labute approximate surface area is 97.3 Å². The molecule has 0 aromatic carbocycles. The second-order valence-electron chi connectivity index (χ2n) is 4.03. The minimum atomic E-state index is -1.19. The molecule has 92 valence electrons. The van der Waals surface area contributed by atoms with E-state index in [1.807, 2.05) is 0 Å². The molecule has 1 atom stereocenters. The number of carbonyl (C=O) groups excluding carboxylic acids is 1. The molecule has 0 spiro atoms. The van der Waals surface area contributed by atoms with Gasteiger partial charge in [0.25, 0.3) is 5.91 Å². The first-order chi connectivity index (χ1) is 8.00. The van der Waals surface area contributed by atoms with Gasteiger partial charge in [0.1, 0.15) is 0 Å². The molecular weight excluding hydrogens is 226 g/mol. The van der Waals surface area contributed by atoms with Crippen LogP contribution < -0.4 is 0 Å². The molecule has 7 heteroatoms. The molecule has 0 aliphatic carbocycles. The molecular formula is C10H13N3O4. The lowest BCUT2D eigenvalue weighted by Gasteiger charge is -2.14. The Bertz CT molecular complexity index is 468. The van der Waals surface area contributed by atoms with Gasteiger partial charge in [0.15, 0.2) is 5.69 Å². The van der Waals surface area contributed by atoms with E-state index in [0.717, 1.165) is 4.68 Å². The number of aryl methyl sites for hydroxylation is 1. The van der Waals surface area contributed by atoms with E-state index in [-0.39, 0.29) is 17.8 Å². The summed E-state index contributed by atoms with van der Waals surface area (Å²) in [6, 6.07) is 0. The smallest absolute Gasteiger partial charge is 0.354 e. The first-order valence-corrected chi connectivity index (χ1v) is 5.23. The number of amides is 1. The molecule has 2 heterocycles. The largest absolute Gasteiger partial charge is 0.477 e. The lowest BCUT2D eigenvalue weighted by Crippen LogP contribution is -2.30. The molecule has 1 unspecified atom stereocenters. The fourth-order valence-corrected chi connectivity index (χ4v) is 1.94. The van der Waals surface area contributed by atoms with Crippen LogP contribution in [0.4, 0.5) is 0 Å². The van der Waals surface area contributed by atoms with Crippen molar-refractivity contribution in [3.63, 3.8) is 0 Å². The number of aliphatic hydroxyl groups is 1. The second kappa shape index (κ2) is 4.17. The first-order valence-electron chi connectivity index (χ1n) is 5.23. The summed E-state index contributed by atoms with van der Waals surface area (Å²) in [5.41, 5.74) is -0.0644. The van der Waals surface area contributed by atoms with E-state index in [1.54, 1.807) is 0 Å². The van der Waals surface area contributed by atoms with Crippen LogP contribution in [0.15, 0.2) is 6.20 Å². The van der Waals surface area contributed by atoms with Crippen LogP contribution in [0, 0.1) is 0 Å². The highest BCUT2D eigenvalue weighted by Gasteiger charge is 2.30. The highest BCUT2D eigenvalue weighted by Crippen LogP contribution is 2.16. The Morgan fingerprint density at radius 1 is 1.53 bits per heavy atom. The molecule has 2 rings (SSSR count). The number of nitrogens with zero attached hydrogens (tertiary/aromatic N) is 3. The lowest BCUT2D eigenvalue weighted by molar-refractivity contribution is 0.0667. The third-order valence-electron chi connectivity index (χ3n) is 2.82. The van der Waals surface area contributed by atoms with Crippen molar-refractivity contribution >= 4 is 11.9 Å². The summed E-state index contributed by atoms with van der Waals surface area (Å²) in [5.74, 6) is -1.58. The normalized spacial score (nSPS) is 19.6. The van der Waals surface area contributed by atoms with Crippen molar-refractivity contribution in [2.75, 3.05) is 13.1 Å². The molecule has 1 aromatic rings. The molecule has 7 nitrogen and oxygen atoms in total. The van der Waals surface area contributed by atoms with Crippen LogP contribution in [0.1, 0.15) is 27.3 Å². The molecule has 1 amide bonds. The van der Waals surface area contributed by atoms with Crippen molar-refractivity contribution in [2.45, 2.75) is 12.5 Å². The maximum atomic E-state index is 12.0. The number of carboxylic acid groups (broad SMARTS) is 1. The molecule has 0 radical (unpaired) electrons. The number of rotatable bonds is 2. The van der Waals surface area contributed by atoms with Crippen molar-refractivity contribution in [2.24, 2.45) is 7.05 Å². The predicted molar refractivity (Wildman–Crippen MR) is 56.7 cm³/mol. The van der Waals surface area contributed by atoms with Gasteiger partial charge in [-0.05, 0) is 6.42 Å². The van der Waals surface area contributed by atoms with Crippen molar-refractivity contribution in [3.8, 4) is 0 Å². The maximum absolute atomic E-state index is 12.0. The number of carboxylic acids is 1. The van der Waals surface area contributed by atoms with Crippen LogP contribution in [0.5, 0.6) is 0 Å². The van der Waals surface area contributed by atoms with Crippen LogP contribution in [0.25, 0.3) is 0 Å². The van der Waals surface area contributed by atoms with Gasteiger partial charge in [-0.2, -0.15) is 5.10 Å². The molecule has 1 aliphatic heterocycles. The molecule has 1 fully saturated rings. The van der Waals surface area contributed by atoms with Gasteiger partial charge in [0.2, 0.25) is 0 Å². The van der Waals surface area contributed by atoms with Gasteiger partial charge in [-0.15, -0.1) is 0 Å². The number of carbonyl (C=O) groups is 2. The Morgan fingerprint density at radius 3 is 2.76 bits per heavy atom. The summed E-state index contributed by atoms with van der Waals surface area (Å²) < 4.78 is 1.15. The van der Waals surface area contributed by atoms with Crippen LogP contribution in [-0.2, 0) is 7.05 Å². The van der Waals surface area contributed by atoms with E-state index in [2.05, 4.69) is 5.10 Å². The number of aromatic nitrogens is 2. The minimum Gasteiger partial charge on any atom is -0.477 e. The van der Waals surface area contributed by atoms with Gasteiger partial charge in [-0.1, -0.05) is 0 Å². The minimum absolute atomic E-state index is 0.0640. The van der Waals surface area contributed by atoms with Crippen molar-refractivity contribution in [3.05, 3.63) is 17.5 Å². The number of hydrogen-bond acceptors (Lipinski definition) is 4. The van der Waals surface area contributed by atoms with Gasteiger partial charge in [-0.3, -0.25) is 9.48 Å². The molecule has 17 heavy (non-hydrogen) atoms. The number of likely N-dealkylation sites (tertiary alicyclic amines) is 1. The van der Waals surface area contributed by atoms with Gasteiger partial charge < -0.3 is 15.1 Å². The maximum Gasteiger partial charge on any atom is 0.354 e. The Balaban J connectivity index is 2.28. The average Bonchev–Trinajstić information content (AvgIpc) is 2.83. The summed E-state index contributed by atoms with van der Waals surface area (Å²) >= 11 is 0. The van der Waals surface area contributed by atoms with Gasteiger partial charge >= 0.3 is 5.97 Å². The van der Waals surface area contributed by atoms with Crippen LogP contribution in [-0.4, -0.2) is 56.0 Å². The summed E-state index contributed by atoms with van der Waals surface area (Å²) in [6.07, 6.45) is 1.24. The number of aromatic carboxylic acids is 1. The van der Waals surface area contributed by atoms with Gasteiger partial charge in [0, 0.05) is 20.1 Å². The third kappa shape index (κ3) is 2.01. The van der Waals surface area contributed by atoms with E-state index >= 15 is 0 Å². The molecule has 1 aromatic heterocycles. The summed E-state index contributed by atoms with van der Waals surface area (Å²) in [4.78, 5) is 24.5. The zero-order chi connectivity index (χ0) is 12.6. The number of hydrogen-bond donors (Lipinski definition) is 2. The number of aliphatic hydroxyl groups excluding tert-OH is 1. The molecule has 1 saturated heterocycles. The quantitative estimate of drug-likeness (QED) is 0.713.